The van der Waals surface area contributed by atoms with Crippen molar-refractivity contribution in [1.82, 2.24) is 0 Å². The van der Waals surface area contributed by atoms with Gasteiger partial charge in [-0.1, -0.05) is 75.7 Å². The molecule has 248 valence electrons. The third kappa shape index (κ3) is 13.1. The molecule has 4 aromatic rings. The average Bonchev–Trinajstić information content (AvgIpc) is 3.09. The van der Waals surface area contributed by atoms with Crippen LogP contribution in [0.25, 0.3) is 22.3 Å². The van der Waals surface area contributed by atoms with Gasteiger partial charge in [-0.2, -0.15) is 0 Å². The van der Waals surface area contributed by atoms with E-state index in [2.05, 4.69) is 107 Å². The van der Waals surface area contributed by atoms with Crippen LogP contribution in [-0.2, 0) is 23.5 Å². The first-order chi connectivity index (χ1) is 21.5. The summed E-state index contributed by atoms with van der Waals surface area (Å²) in [4.78, 5) is 0. The maximum absolute atomic E-state index is 5.51. The fourth-order valence-electron chi connectivity index (χ4n) is 4.65. The molecule has 8 heteroatoms. The summed E-state index contributed by atoms with van der Waals surface area (Å²) in [5, 5.41) is 1.58. The molecule has 4 aromatic carbocycles. The van der Waals surface area contributed by atoms with Gasteiger partial charge in [0.15, 0.2) is 0 Å². The molecular formula is C39H45Br3MgO4. The van der Waals surface area contributed by atoms with Gasteiger partial charge in [0.2, 0.25) is 0 Å². The van der Waals surface area contributed by atoms with Crippen molar-refractivity contribution >= 4 is 54.9 Å². The van der Waals surface area contributed by atoms with E-state index in [1.54, 1.807) is 28.4 Å². The van der Waals surface area contributed by atoms with E-state index in [1.807, 2.05) is 36.4 Å². The van der Waals surface area contributed by atoms with Crippen LogP contribution in [0.5, 0.6) is 23.0 Å². The van der Waals surface area contributed by atoms with Gasteiger partial charge in [0.05, 0.1) is 28.4 Å². The molecule has 0 aliphatic rings. The van der Waals surface area contributed by atoms with Crippen molar-refractivity contribution in [3.8, 4) is 45.3 Å². The van der Waals surface area contributed by atoms with Crippen LogP contribution < -0.4 is 35.9 Å². The van der Waals surface area contributed by atoms with Gasteiger partial charge in [0.1, 0.15) is 23.0 Å². The molecule has 4 rings (SSSR count). The fraction of sp³-hybridized carbons (Fsp3) is 0.231. The standard InChI is InChI=1S/C20H22O2.C16H16Br2O2.C2H3.CH4.BrH.Mg/c1-5-7-15-9-11-20(22-4)18(13-15)16-10-12-19(21-3)17(14-16)8-6-2;1-19-15-6-4-12(8-13(15)10-18)14-7-11(9-17)3-5-16(14)20-2;1-2;;;/h5-6,9-14H,1-2,7-8H2,3-4H3;3-8H,9-10H2,1-2H3;1H,2H2;1H4;1H;/q;;-1;;;+2/p-1. The van der Waals surface area contributed by atoms with Crippen LogP contribution in [0.1, 0.15) is 29.7 Å². The maximum atomic E-state index is 5.51. The van der Waals surface area contributed by atoms with Crippen molar-refractivity contribution in [2.24, 2.45) is 0 Å². The van der Waals surface area contributed by atoms with Gasteiger partial charge in [-0.3, -0.25) is 6.58 Å². The number of methoxy groups -OCH3 is 4. The quantitative estimate of drug-likeness (QED) is 0.0631. The molecule has 0 N–H and O–H groups in total. The van der Waals surface area contributed by atoms with E-state index >= 15 is 0 Å². The number of hydrogen-bond donors (Lipinski definition) is 0. The van der Waals surface area contributed by atoms with Gasteiger partial charge in [0, 0.05) is 27.4 Å². The van der Waals surface area contributed by atoms with Gasteiger partial charge in [0.25, 0.3) is 0 Å². The Kier molecular flexibility index (Phi) is 25.3. The summed E-state index contributed by atoms with van der Waals surface area (Å²) in [6, 6.07) is 24.8. The van der Waals surface area contributed by atoms with Gasteiger partial charge < -0.3 is 42.5 Å². The summed E-state index contributed by atoms with van der Waals surface area (Å²) >= 11 is 6.99. The first-order valence-corrected chi connectivity index (χ1v) is 16.1. The molecule has 0 spiro atoms. The molecule has 47 heavy (non-hydrogen) atoms. The zero-order valence-corrected chi connectivity index (χ0v) is 33.3. The smallest absolute Gasteiger partial charge is 1.00 e. The summed E-state index contributed by atoms with van der Waals surface area (Å²) in [5.74, 6) is 3.51. The molecule has 0 amide bonds. The molecule has 0 atom stereocenters. The van der Waals surface area contributed by atoms with Crippen molar-refractivity contribution in [2.45, 2.75) is 30.9 Å². The van der Waals surface area contributed by atoms with Gasteiger partial charge in [-0.15, -0.1) is 13.2 Å². The molecule has 0 aliphatic heterocycles. The number of alkyl halides is 2. The fourth-order valence-corrected chi connectivity index (χ4v) is 5.44. The van der Waals surface area contributed by atoms with Crippen molar-refractivity contribution in [1.29, 1.82) is 0 Å². The second kappa shape index (κ2) is 25.5. The zero-order valence-electron chi connectivity index (χ0n) is 27.1. The van der Waals surface area contributed by atoms with E-state index in [4.69, 9.17) is 18.9 Å². The first-order valence-electron chi connectivity index (χ1n) is 13.9. The van der Waals surface area contributed by atoms with Gasteiger partial charge in [-0.25, -0.2) is 0 Å². The van der Waals surface area contributed by atoms with Crippen molar-refractivity contribution < 1.29 is 35.9 Å². The van der Waals surface area contributed by atoms with Crippen molar-refractivity contribution in [2.75, 3.05) is 28.4 Å². The second-order valence-electron chi connectivity index (χ2n) is 9.38. The molecule has 0 saturated carbocycles. The number of allylic oxidation sites excluding steroid dienone is 2. The second-order valence-corrected chi connectivity index (χ2v) is 10.5. The minimum absolute atomic E-state index is 0. The Morgan fingerprint density at radius 1 is 0.574 bits per heavy atom. The molecule has 4 nitrogen and oxygen atoms in total. The topological polar surface area (TPSA) is 36.9 Å². The van der Waals surface area contributed by atoms with E-state index in [0.29, 0.717) is 0 Å². The van der Waals surface area contributed by atoms with E-state index in [0.717, 1.165) is 79.9 Å². The summed E-state index contributed by atoms with van der Waals surface area (Å²) in [7, 11) is 6.77. The molecule has 0 aliphatic carbocycles. The Hall–Kier alpha value is -2.49. The molecule has 0 heterocycles. The maximum Gasteiger partial charge on any atom is 2.00 e. The Morgan fingerprint density at radius 3 is 1.40 bits per heavy atom. The van der Waals surface area contributed by atoms with Gasteiger partial charge >= 0.3 is 23.1 Å². The predicted octanol–water partition coefficient (Wildman–Crippen LogP) is 7.85. The normalized spacial score (nSPS) is 9.23. The van der Waals surface area contributed by atoms with Crippen LogP contribution in [-0.4, -0.2) is 51.5 Å². The molecule has 0 radical (unpaired) electrons. The van der Waals surface area contributed by atoms with Crippen molar-refractivity contribution in [3.05, 3.63) is 134 Å². The molecule has 0 bridgehead atoms. The molecule has 0 fully saturated rings. The third-order valence-electron chi connectivity index (χ3n) is 6.75. The Balaban J connectivity index is 0. The monoisotopic (exact) mass is 838 g/mol. The average molecular weight is 842 g/mol. The molecule has 0 aromatic heterocycles. The number of ether oxygens (including phenoxy) is 4. The number of benzene rings is 4. The zero-order chi connectivity index (χ0) is 32.5. The Morgan fingerprint density at radius 2 is 0.979 bits per heavy atom. The summed E-state index contributed by atoms with van der Waals surface area (Å²) < 4.78 is 21.8. The predicted molar refractivity (Wildman–Crippen MR) is 205 cm³/mol. The van der Waals surface area contributed by atoms with E-state index in [-0.39, 0.29) is 47.5 Å². The largest absolute Gasteiger partial charge is 2.00 e. The van der Waals surface area contributed by atoms with Crippen molar-refractivity contribution in [3.63, 3.8) is 0 Å². The third-order valence-corrected chi connectivity index (χ3v) is 8.00. The van der Waals surface area contributed by atoms with Crippen LogP contribution in [0.3, 0.4) is 0 Å². The summed E-state index contributed by atoms with van der Waals surface area (Å²) in [5.41, 5.74) is 9.08. The Labute approximate surface area is 326 Å². The molecule has 0 unspecified atom stereocenters. The van der Waals surface area contributed by atoms with Crippen LogP contribution >= 0.6 is 31.9 Å². The minimum atomic E-state index is 0. The summed E-state index contributed by atoms with van der Waals surface area (Å²) in [6.07, 6.45) is 5.40. The van der Waals surface area contributed by atoms with Crippen LogP contribution in [0, 0.1) is 6.58 Å². The Bertz CT molecular complexity index is 1520. The SMILES string of the molecule is C.C=CCc1ccc(OC)c(-c2ccc(OC)c(CC=C)c2)c1.COc1ccc(-c2cc(CBr)ccc2OC)cc1CBr.[Br-].[CH-]=C.[Mg+2]. The van der Waals surface area contributed by atoms with E-state index in [9.17, 15) is 0 Å². The van der Waals surface area contributed by atoms with E-state index < -0.39 is 0 Å². The molecule has 0 saturated heterocycles. The number of halogens is 3. The first kappa shape index (κ1) is 46.6. The van der Waals surface area contributed by atoms with Gasteiger partial charge in [-0.05, 0) is 89.2 Å². The number of hydrogen-bond acceptors (Lipinski definition) is 4. The van der Waals surface area contributed by atoms with Crippen LogP contribution in [0.15, 0.2) is 105 Å². The molecular weight excluding hydrogens is 796 g/mol. The van der Waals surface area contributed by atoms with Crippen LogP contribution in [0.4, 0.5) is 0 Å². The number of rotatable bonds is 12. The minimum Gasteiger partial charge on any atom is -1.00 e. The van der Waals surface area contributed by atoms with E-state index in [1.165, 1.54) is 11.1 Å². The summed E-state index contributed by atoms with van der Waals surface area (Å²) in [6.45, 7) is 14.6. The van der Waals surface area contributed by atoms with Crippen LogP contribution in [0.2, 0.25) is 0 Å².